The number of para-hydroxylation sites is 1. The molecule has 4 rings (SSSR count). The Morgan fingerprint density at radius 2 is 1.97 bits per heavy atom. The Bertz CT molecular complexity index is 1370. The van der Waals surface area contributed by atoms with Crippen molar-refractivity contribution < 1.29 is 23.5 Å². The van der Waals surface area contributed by atoms with E-state index in [1.165, 1.54) is 6.92 Å². The van der Waals surface area contributed by atoms with E-state index in [4.69, 9.17) is 14.8 Å². The van der Waals surface area contributed by atoms with Gasteiger partial charge in [0.15, 0.2) is 17.0 Å². The summed E-state index contributed by atoms with van der Waals surface area (Å²) in [5, 5.41) is 11.8. The number of likely N-dealkylation sites (N-methyl/N-ethyl adjacent to an activating group) is 2. The number of benzene rings is 1. The summed E-state index contributed by atoms with van der Waals surface area (Å²) in [4.78, 5) is 29.0. The summed E-state index contributed by atoms with van der Waals surface area (Å²) in [5.74, 6) is -0.146. The number of nitrogens with one attached hydrogen (secondary N) is 1. The van der Waals surface area contributed by atoms with Gasteiger partial charge in [0.1, 0.15) is 11.8 Å². The molecule has 3 aromatic rings. The van der Waals surface area contributed by atoms with Gasteiger partial charge in [-0.25, -0.2) is 9.55 Å². The molecule has 2 heterocycles. The molecule has 210 valence electrons. The lowest BCUT2D eigenvalue weighted by molar-refractivity contribution is -0.138. The Labute approximate surface area is 227 Å². The number of fused-ring (bicyclic) bond motifs is 1. The van der Waals surface area contributed by atoms with Gasteiger partial charge in [0.2, 0.25) is 5.95 Å². The van der Waals surface area contributed by atoms with Crippen LogP contribution in [-0.2, 0) is 13.9 Å². The summed E-state index contributed by atoms with van der Waals surface area (Å²) in [6, 6.07) is 7.26. The molecule has 2 aromatic heterocycles. The topological polar surface area (TPSA) is 161 Å². The Morgan fingerprint density at radius 3 is 2.67 bits per heavy atom. The average Bonchev–Trinajstić information content (AvgIpc) is 3.53. The predicted molar refractivity (Wildman–Crippen MR) is 149 cm³/mol. The summed E-state index contributed by atoms with van der Waals surface area (Å²) in [6.07, 6.45) is 6.33. The van der Waals surface area contributed by atoms with Crippen molar-refractivity contribution >= 4 is 36.6 Å². The average molecular weight is 559 g/mol. The fourth-order valence-corrected chi connectivity index (χ4v) is 5.71. The van der Waals surface area contributed by atoms with E-state index >= 15 is 0 Å². The van der Waals surface area contributed by atoms with Gasteiger partial charge >= 0.3 is 13.7 Å². The zero-order valence-electron chi connectivity index (χ0n) is 22.5. The second-order valence-electron chi connectivity index (χ2n) is 9.79. The van der Waals surface area contributed by atoms with Crippen LogP contribution < -0.4 is 20.2 Å². The van der Waals surface area contributed by atoms with Crippen LogP contribution in [0.25, 0.3) is 11.2 Å². The molecule has 4 N–H and O–H groups in total. The first-order valence-corrected chi connectivity index (χ1v) is 14.1. The number of aliphatic carboxylic acids is 1. The van der Waals surface area contributed by atoms with Crippen molar-refractivity contribution in [3.8, 4) is 5.75 Å². The number of nitrogens with two attached hydrogens (primary N) is 1. The number of hydrogen-bond acceptors (Lipinski definition) is 10. The molecule has 14 heteroatoms. The molecular formula is C25H35N8O5P. The SMILES string of the molecule is CC(N[P@](=O)(OC[C@@H]1C=C[C@H](n2cnc3c(N(C)CCN(C)C)nc(N)nc32)C1)Oc1ccccc1)C(=O)O. The van der Waals surface area contributed by atoms with Gasteiger partial charge in [0.05, 0.1) is 19.0 Å². The number of hydrogen-bond donors (Lipinski definition) is 3. The first-order chi connectivity index (χ1) is 18.5. The highest BCUT2D eigenvalue weighted by Gasteiger charge is 2.33. The molecule has 4 atom stereocenters. The van der Waals surface area contributed by atoms with Crippen LogP contribution >= 0.6 is 7.75 Å². The minimum Gasteiger partial charge on any atom is -0.480 e. The predicted octanol–water partition coefficient (Wildman–Crippen LogP) is 2.79. The van der Waals surface area contributed by atoms with E-state index in [1.807, 2.05) is 42.8 Å². The lowest BCUT2D eigenvalue weighted by Crippen LogP contribution is -2.33. The van der Waals surface area contributed by atoms with Gasteiger partial charge in [-0.2, -0.15) is 15.1 Å². The van der Waals surface area contributed by atoms with Crippen molar-refractivity contribution in [3.63, 3.8) is 0 Å². The number of aromatic nitrogens is 4. The van der Waals surface area contributed by atoms with Crippen molar-refractivity contribution in [2.45, 2.75) is 25.4 Å². The van der Waals surface area contributed by atoms with Gasteiger partial charge in [-0.15, -0.1) is 0 Å². The highest BCUT2D eigenvalue weighted by molar-refractivity contribution is 7.52. The van der Waals surface area contributed by atoms with Crippen LogP contribution in [0.15, 0.2) is 48.8 Å². The molecule has 0 spiro atoms. The molecule has 0 amide bonds. The van der Waals surface area contributed by atoms with Crippen LogP contribution in [0, 0.1) is 5.92 Å². The minimum absolute atomic E-state index is 0.0543. The quantitative estimate of drug-likeness (QED) is 0.208. The standard InChI is InChI=1S/C25H35N8O5P/c1-17(24(34)35)30-39(36,38-20-8-6-5-7-9-20)37-15-18-10-11-19(14-18)33-16-27-21-22(28-25(26)29-23(21)33)32(4)13-12-31(2)3/h5-11,16-19H,12-15H2,1-4H3,(H,30,36)(H,34,35)(H2,26,28,29)/t17?,18-,19+,39+/m1/s1. The highest BCUT2D eigenvalue weighted by Crippen LogP contribution is 2.46. The third kappa shape index (κ3) is 7.12. The van der Waals surface area contributed by atoms with E-state index in [0.717, 1.165) is 13.1 Å². The molecule has 13 nitrogen and oxygen atoms in total. The number of rotatable bonds is 13. The summed E-state index contributed by atoms with van der Waals surface area (Å²) >= 11 is 0. The largest absolute Gasteiger partial charge is 0.480 e. The maximum absolute atomic E-state index is 13.5. The molecule has 0 bridgehead atoms. The van der Waals surface area contributed by atoms with E-state index in [0.29, 0.717) is 29.2 Å². The Morgan fingerprint density at radius 1 is 1.23 bits per heavy atom. The fraction of sp³-hybridized carbons (Fsp3) is 0.440. The zero-order chi connectivity index (χ0) is 28.2. The molecule has 0 radical (unpaired) electrons. The van der Waals surface area contributed by atoms with Crippen molar-refractivity contribution in [3.05, 3.63) is 48.8 Å². The zero-order valence-corrected chi connectivity index (χ0v) is 23.4. The van der Waals surface area contributed by atoms with Crippen molar-refractivity contribution in [2.24, 2.45) is 5.92 Å². The van der Waals surface area contributed by atoms with Crippen LogP contribution in [0.1, 0.15) is 19.4 Å². The summed E-state index contributed by atoms with van der Waals surface area (Å²) in [7, 11) is 1.97. The van der Waals surface area contributed by atoms with Gasteiger partial charge in [-0.1, -0.05) is 30.4 Å². The normalized spacial score (nSPS) is 19.3. The smallest absolute Gasteiger partial charge is 0.459 e. The van der Waals surface area contributed by atoms with Gasteiger partial charge in [-0.05, 0) is 39.6 Å². The lowest BCUT2D eigenvalue weighted by atomic mass is 10.1. The number of carboxylic acids is 1. The molecule has 0 fully saturated rings. The highest BCUT2D eigenvalue weighted by atomic mass is 31.2. The number of carboxylic acid groups (broad SMARTS) is 1. The Balaban J connectivity index is 1.46. The minimum atomic E-state index is -3.99. The number of anilines is 2. The molecule has 0 aliphatic heterocycles. The number of imidazole rings is 1. The van der Waals surface area contributed by atoms with Crippen LogP contribution in [-0.4, -0.2) is 82.4 Å². The Hall–Kier alpha value is -3.51. The summed E-state index contributed by atoms with van der Waals surface area (Å²) in [5.41, 5.74) is 7.34. The lowest BCUT2D eigenvalue weighted by Gasteiger charge is -2.23. The van der Waals surface area contributed by atoms with E-state index < -0.39 is 19.8 Å². The molecular weight excluding hydrogens is 523 g/mol. The molecule has 39 heavy (non-hydrogen) atoms. The first-order valence-electron chi connectivity index (χ1n) is 12.6. The first kappa shape index (κ1) is 28.5. The second-order valence-corrected chi connectivity index (χ2v) is 11.5. The van der Waals surface area contributed by atoms with E-state index in [9.17, 15) is 14.5 Å². The molecule has 1 unspecified atom stereocenters. The fourth-order valence-electron chi connectivity index (χ4n) is 4.16. The maximum Gasteiger partial charge on any atom is 0.459 e. The number of nitrogen functional groups attached to an aromatic ring is 1. The number of nitrogens with zero attached hydrogens (tertiary/aromatic N) is 6. The van der Waals surface area contributed by atoms with Crippen LogP contribution in [0.2, 0.25) is 0 Å². The number of carbonyl (C=O) groups is 1. The van der Waals surface area contributed by atoms with E-state index in [2.05, 4.69) is 24.9 Å². The van der Waals surface area contributed by atoms with Crippen LogP contribution in [0.3, 0.4) is 0 Å². The molecule has 1 aliphatic carbocycles. The van der Waals surface area contributed by atoms with Crippen molar-refractivity contribution in [1.82, 2.24) is 29.5 Å². The summed E-state index contributed by atoms with van der Waals surface area (Å²) in [6.45, 7) is 3.02. The van der Waals surface area contributed by atoms with Crippen molar-refractivity contribution in [1.29, 1.82) is 0 Å². The second kappa shape index (κ2) is 12.1. The molecule has 0 saturated heterocycles. The van der Waals surface area contributed by atoms with Crippen molar-refractivity contribution in [2.75, 3.05) is 51.5 Å². The van der Waals surface area contributed by atoms with Gasteiger partial charge in [0.25, 0.3) is 0 Å². The molecule has 1 aliphatic rings. The number of allylic oxidation sites excluding steroid dienone is 1. The van der Waals surface area contributed by atoms with Gasteiger partial charge in [-0.3, -0.25) is 9.32 Å². The maximum atomic E-state index is 13.5. The van der Waals surface area contributed by atoms with Crippen LogP contribution in [0.4, 0.5) is 11.8 Å². The van der Waals surface area contributed by atoms with E-state index in [-0.39, 0.29) is 24.5 Å². The third-order valence-electron chi connectivity index (χ3n) is 6.32. The van der Waals surface area contributed by atoms with Gasteiger partial charge < -0.3 is 29.7 Å². The monoisotopic (exact) mass is 558 g/mol. The molecule has 0 saturated carbocycles. The molecule has 1 aromatic carbocycles. The third-order valence-corrected chi connectivity index (χ3v) is 7.96. The summed E-state index contributed by atoms with van der Waals surface area (Å²) < 4.78 is 26.8. The Kier molecular flexibility index (Phi) is 8.86. The van der Waals surface area contributed by atoms with Crippen LogP contribution in [0.5, 0.6) is 5.75 Å². The van der Waals surface area contributed by atoms with E-state index in [1.54, 1.807) is 36.7 Å². The van der Waals surface area contributed by atoms with Gasteiger partial charge in [0, 0.05) is 26.1 Å².